The van der Waals surface area contributed by atoms with Crippen LogP contribution in [0.4, 0.5) is 0 Å². The SMILES string of the molecule is CCOC(=O)C1OC23Oc4ccccc4C2(OC1C(=O)OCC)C(=O)c1ccccc13. The minimum atomic E-state index is -1.80. The van der Waals surface area contributed by atoms with E-state index in [1.165, 1.54) is 0 Å². The van der Waals surface area contributed by atoms with Crippen LogP contribution in [0.15, 0.2) is 48.5 Å². The molecule has 1 fully saturated rings. The molecule has 2 aromatic carbocycles. The molecule has 0 saturated carbocycles. The van der Waals surface area contributed by atoms with E-state index in [1.54, 1.807) is 62.4 Å². The van der Waals surface area contributed by atoms with Gasteiger partial charge in [0, 0.05) is 16.7 Å². The van der Waals surface area contributed by atoms with Crippen molar-refractivity contribution in [2.75, 3.05) is 13.2 Å². The van der Waals surface area contributed by atoms with Gasteiger partial charge in [-0.2, -0.15) is 0 Å². The summed E-state index contributed by atoms with van der Waals surface area (Å²) < 4.78 is 29.0. The first-order chi connectivity index (χ1) is 15.0. The van der Waals surface area contributed by atoms with Gasteiger partial charge in [-0.1, -0.05) is 42.5 Å². The van der Waals surface area contributed by atoms with E-state index in [-0.39, 0.29) is 13.2 Å². The molecule has 8 heteroatoms. The molecule has 0 radical (unpaired) electrons. The molecular weight excluding hydrogens is 404 g/mol. The maximum Gasteiger partial charge on any atom is 0.338 e. The molecule has 160 valence electrons. The Balaban J connectivity index is 1.74. The van der Waals surface area contributed by atoms with Gasteiger partial charge in [0.25, 0.3) is 5.79 Å². The maximum absolute atomic E-state index is 13.8. The first-order valence-electron chi connectivity index (χ1n) is 10.1. The monoisotopic (exact) mass is 424 g/mol. The molecule has 5 rings (SSSR count). The first kappa shape index (κ1) is 19.7. The number of ketones is 1. The van der Waals surface area contributed by atoms with Crippen LogP contribution in [0.5, 0.6) is 5.75 Å². The molecule has 1 saturated heterocycles. The summed E-state index contributed by atoms with van der Waals surface area (Å²) in [7, 11) is 0. The van der Waals surface area contributed by atoms with Crippen molar-refractivity contribution in [2.24, 2.45) is 0 Å². The number of ether oxygens (including phenoxy) is 5. The zero-order chi connectivity index (χ0) is 21.8. The van der Waals surface area contributed by atoms with Gasteiger partial charge in [0.1, 0.15) is 5.75 Å². The van der Waals surface area contributed by atoms with Crippen molar-refractivity contribution in [3.8, 4) is 5.75 Å². The zero-order valence-electron chi connectivity index (χ0n) is 17.0. The first-order valence-corrected chi connectivity index (χ1v) is 10.1. The fraction of sp³-hybridized carbons (Fsp3) is 0.348. The van der Waals surface area contributed by atoms with Gasteiger partial charge in [-0.05, 0) is 19.9 Å². The normalized spacial score (nSPS) is 29.8. The van der Waals surface area contributed by atoms with E-state index in [0.29, 0.717) is 22.4 Å². The zero-order valence-corrected chi connectivity index (χ0v) is 17.0. The second-order valence-corrected chi connectivity index (χ2v) is 7.35. The Kier molecular flexibility index (Phi) is 4.39. The quantitative estimate of drug-likeness (QED) is 0.690. The van der Waals surface area contributed by atoms with Crippen molar-refractivity contribution in [1.82, 2.24) is 0 Å². The highest BCUT2D eigenvalue weighted by atomic mass is 16.8. The van der Waals surface area contributed by atoms with Gasteiger partial charge in [0.2, 0.25) is 11.4 Å². The molecule has 0 bridgehead atoms. The van der Waals surface area contributed by atoms with Crippen molar-refractivity contribution in [2.45, 2.75) is 37.4 Å². The average Bonchev–Trinajstić information content (AvgIpc) is 3.19. The predicted octanol–water partition coefficient (Wildman–Crippen LogP) is 2.23. The van der Waals surface area contributed by atoms with Crippen molar-refractivity contribution < 1.29 is 38.1 Å². The van der Waals surface area contributed by atoms with Crippen molar-refractivity contribution in [1.29, 1.82) is 0 Å². The minimum Gasteiger partial charge on any atom is -0.464 e. The smallest absolute Gasteiger partial charge is 0.338 e. The third-order valence-electron chi connectivity index (χ3n) is 5.74. The predicted molar refractivity (Wildman–Crippen MR) is 104 cm³/mol. The average molecular weight is 424 g/mol. The van der Waals surface area contributed by atoms with Gasteiger partial charge in [-0.15, -0.1) is 0 Å². The summed E-state index contributed by atoms with van der Waals surface area (Å²) in [5.74, 6) is -3.44. The van der Waals surface area contributed by atoms with Crippen molar-refractivity contribution in [3.63, 3.8) is 0 Å². The Hall–Kier alpha value is -3.23. The van der Waals surface area contributed by atoms with Gasteiger partial charge in [-0.3, -0.25) is 4.79 Å². The Morgan fingerprint density at radius 3 is 2.13 bits per heavy atom. The van der Waals surface area contributed by atoms with Crippen molar-refractivity contribution >= 4 is 17.7 Å². The molecule has 0 amide bonds. The summed E-state index contributed by atoms with van der Waals surface area (Å²) in [6.45, 7) is 3.41. The molecule has 2 aliphatic heterocycles. The Morgan fingerprint density at radius 2 is 1.45 bits per heavy atom. The van der Waals surface area contributed by atoms with Crippen LogP contribution < -0.4 is 4.74 Å². The van der Waals surface area contributed by atoms with Crippen LogP contribution >= 0.6 is 0 Å². The van der Waals surface area contributed by atoms with Crippen LogP contribution in [0.1, 0.15) is 35.3 Å². The third-order valence-corrected chi connectivity index (χ3v) is 5.74. The third kappa shape index (κ3) is 2.40. The number of rotatable bonds is 4. The molecule has 0 aromatic heterocycles. The number of fused-ring (bicyclic) bond motifs is 2. The number of hydrogen-bond acceptors (Lipinski definition) is 8. The number of hydrogen-bond donors (Lipinski definition) is 0. The lowest BCUT2D eigenvalue weighted by atomic mass is 9.84. The summed E-state index contributed by atoms with van der Waals surface area (Å²) in [5, 5.41) is 0. The number of carbonyl (C=O) groups is 3. The molecule has 2 aromatic rings. The molecule has 31 heavy (non-hydrogen) atoms. The van der Waals surface area contributed by atoms with Gasteiger partial charge in [0.15, 0.2) is 12.2 Å². The second-order valence-electron chi connectivity index (χ2n) is 7.35. The summed E-state index contributed by atoms with van der Waals surface area (Å²) in [4.78, 5) is 39.3. The molecule has 0 N–H and O–H groups in total. The van der Waals surface area contributed by atoms with E-state index < -0.39 is 41.3 Å². The fourth-order valence-corrected chi connectivity index (χ4v) is 4.57. The molecule has 2 heterocycles. The van der Waals surface area contributed by atoms with Gasteiger partial charge >= 0.3 is 11.9 Å². The van der Waals surface area contributed by atoms with Crippen LogP contribution in [0.3, 0.4) is 0 Å². The number of para-hydroxylation sites is 1. The lowest BCUT2D eigenvalue weighted by Crippen LogP contribution is -2.65. The number of Topliss-reactive ketones (excluding diaryl/α,β-unsaturated/α-hetero) is 1. The molecule has 1 aliphatic carbocycles. The summed E-state index contributed by atoms with van der Waals surface area (Å²) in [6.07, 6.45) is -3.00. The van der Waals surface area contributed by atoms with Crippen molar-refractivity contribution in [3.05, 3.63) is 65.2 Å². The summed E-state index contributed by atoms with van der Waals surface area (Å²) >= 11 is 0. The maximum atomic E-state index is 13.8. The van der Waals surface area contributed by atoms with E-state index in [0.717, 1.165) is 0 Å². The highest BCUT2D eigenvalue weighted by Crippen LogP contribution is 2.64. The van der Waals surface area contributed by atoms with Gasteiger partial charge in [-0.25, -0.2) is 9.59 Å². The van der Waals surface area contributed by atoms with Crippen LogP contribution in [-0.4, -0.2) is 43.1 Å². The Labute approximate surface area is 178 Å². The van der Waals surface area contributed by atoms with Gasteiger partial charge in [0.05, 0.1) is 13.2 Å². The molecule has 0 spiro atoms. The number of esters is 2. The van der Waals surface area contributed by atoms with E-state index in [4.69, 9.17) is 23.7 Å². The highest BCUT2D eigenvalue weighted by Gasteiger charge is 2.78. The van der Waals surface area contributed by atoms with E-state index in [1.807, 2.05) is 0 Å². The Bertz CT molecular complexity index is 1090. The van der Waals surface area contributed by atoms with E-state index in [2.05, 4.69) is 0 Å². The molecule has 3 aliphatic rings. The summed E-state index contributed by atoms with van der Waals surface area (Å²) in [6, 6.07) is 13.7. The van der Waals surface area contributed by atoms with E-state index in [9.17, 15) is 14.4 Å². The summed E-state index contributed by atoms with van der Waals surface area (Å²) in [5.41, 5.74) is -0.613. The van der Waals surface area contributed by atoms with Gasteiger partial charge < -0.3 is 23.7 Å². The van der Waals surface area contributed by atoms with E-state index >= 15 is 0 Å². The molecular formula is C23H20O8. The topological polar surface area (TPSA) is 97.4 Å². The molecule has 4 unspecified atom stereocenters. The Morgan fingerprint density at radius 1 is 0.871 bits per heavy atom. The molecule has 4 atom stereocenters. The van der Waals surface area contributed by atoms with Crippen LogP contribution in [0, 0.1) is 0 Å². The minimum absolute atomic E-state index is 0.0631. The van der Waals surface area contributed by atoms with Crippen LogP contribution in [0.25, 0.3) is 0 Å². The largest absolute Gasteiger partial charge is 0.464 e. The fourth-order valence-electron chi connectivity index (χ4n) is 4.57. The highest BCUT2D eigenvalue weighted by molar-refractivity contribution is 6.10. The lowest BCUT2D eigenvalue weighted by Gasteiger charge is -2.46. The lowest BCUT2D eigenvalue weighted by molar-refractivity contribution is -0.351. The molecule has 8 nitrogen and oxygen atoms in total. The number of benzene rings is 2. The second kappa shape index (κ2) is 6.90. The number of carbonyl (C=O) groups excluding carboxylic acids is 3. The van der Waals surface area contributed by atoms with Crippen LogP contribution in [0.2, 0.25) is 0 Å². The van der Waals surface area contributed by atoms with Crippen LogP contribution in [-0.2, 0) is 39.9 Å². The standard InChI is InChI=1S/C23H20O8/c1-3-27-20(25)17-18(21(26)28-4-2)31-23-14-10-6-5-9-13(14)19(24)22(23,30-17)15-11-7-8-12-16(15)29-23/h5-12,17-18H,3-4H2,1-2H3.